The molecule has 0 aliphatic rings. The van der Waals surface area contributed by atoms with Crippen LogP contribution >= 0.6 is 0 Å². The molecule has 0 aromatic heterocycles. The molecule has 4 heteroatoms. The molecule has 0 N–H and O–H groups in total. The molecule has 0 aromatic rings. The van der Waals surface area contributed by atoms with Crippen molar-refractivity contribution >= 4 is 11.9 Å². The van der Waals surface area contributed by atoms with E-state index >= 15 is 0 Å². The summed E-state index contributed by atoms with van der Waals surface area (Å²) >= 11 is 0. The second-order valence-electron chi connectivity index (χ2n) is 3.97. The number of rotatable bonds is 8. The Balaban J connectivity index is -0.000000375. The Morgan fingerprint density at radius 1 is 1.05 bits per heavy atom. The second kappa shape index (κ2) is 16.9. The van der Waals surface area contributed by atoms with E-state index in [0.717, 1.165) is 32.2 Å². The van der Waals surface area contributed by atoms with Gasteiger partial charge in [0.15, 0.2) is 0 Å². The number of unbranched alkanes of at least 4 members (excludes halogenated alkanes) is 2. The van der Waals surface area contributed by atoms with Crippen LogP contribution in [0.25, 0.3) is 0 Å². The molecule has 0 radical (unpaired) electrons. The van der Waals surface area contributed by atoms with Crippen LogP contribution in [-0.4, -0.2) is 37.0 Å². The fourth-order valence-corrected chi connectivity index (χ4v) is 1.42. The molecule has 0 spiro atoms. The fourth-order valence-electron chi connectivity index (χ4n) is 1.42. The van der Waals surface area contributed by atoms with Crippen LogP contribution in [0.3, 0.4) is 0 Å². The van der Waals surface area contributed by atoms with Crippen LogP contribution in [0, 0.1) is 0 Å². The predicted molar refractivity (Wildman–Crippen MR) is 83.2 cm³/mol. The Morgan fingerprint density at radius 3 is 2.11 bits per heavy atom. The summed E-state index contributed by atoms with van der Waals surface area (Å²) in [5, 5.41) is 0. The lowest BCUT2D eigenvalue weighted by molar-refractivity contribution is -0.141. The van der Waals surface area contributed by atoms with Gasteiger partial charge in [-0.15, -0.1) is 0 Å². The fraction of sp³-hybridized carbons (Fsp3) is 0.867. The zero-order valence-electron chi connectivity index (χ0n) is 10.6. The Morgan fingerprint density at radius 2 is 1.63 bits per heavy atom. The maximum atomic E-state index is 11.5. The van der Waals surface area contributed by atoms with E-state index in [1.807, 2.05) is 7.05 Å². The summed E-state index contributed by atoms with van der Waals surface area (Å²) in [6, 6.07) is 0. The normalized spacial score (nSPS) is 8.37. The number of carbonyl (C=O) groups excluding carboxylic acids is 2. The van der Waals surface area contributed by atoms with Gasteiger partial charge in [-0.3, -0.25) is 9.59 Å². The zero-order chi connectivity index (χ0) is 12.4. The van der Waals surface area contributed by atoms with E-state index in [9.17, 15) is 9.59 Å². The van der Waals surface area contributed by atoms with Gasteiger partial charge in [0.25, 0.3) is 0 Å². The summed E-state index contributed by atoms with van der Waals surface area (Å²) < 4.78 is 4.80. The lowest BCUT2D eigenvalue weighted by Crippen LogP contribution is -2.26. The summed E-state index contributed by atoms with van der Waals surface area (Å²) in [7, 11) is 1.84. The van der Waals surface area contributed by atoms with Crippen LogP contribution < -0.4 is 0 Å². The highest BCUT2D eigenvalue weighted by atomic mass is 16.5. The Hall–Kier alpha value is -1.06. The van der Waals surface area contributed by atoms with Crippen molar-refractivity contribution in [1.82, 2.24) is 4.90 Å². The third-order valence-electron chi connectivity index (χ3n) is 2.33. The molecule has 0 fully saturated rings. The van der Waals surface area contributed by atoms with Crippen LogP contribution in [0.4, 0.5) is 0 Å². The van der Waals surface area contributed by atoms with Crippen LogP contribution in [0.2, 0.25) is 0 Å². The van der Waals surface area contributed by atoms with Crippen LogP contribution in [0.5, 0.6) is 0 Å². The Labute approximate surface area is 120 Å². The average Bonchev–Trinajstić information content (AvgIpc) is 2.22. The molecule has 0 aliphatic carbocycles. The minimum Gasteiger partial charge on any atom is -0.466 e. The van der Waals surface area contributed by atoms with Crippen molar-refractivity contribution in [2.45, 2.75) is 68.2 Å². The molecule has 0 rings (SSSR count). The smallest absolute Gasteiger partial charge is 0.302 e. The molecule has 0 aromatic carbocycles. The lowest BCUT2D eigenvalue weighted by Gasteiger charge is -2.15. The summed E-state index contributed by atoms with van der Waals surface area (Å²) in [4.78, 5) is 23.7. The Kier molecular flexibility index (Phi) is 23.6. The summed E-state index contributed by atoms with van der Waals surface area (Å²) in [5.41, 5.74) is 0. The van der Waals surface area contributed by atoms with Crippen molar-refractivity contribution in [2.75, 3.05) is 20.2 Å². The van der Waals surface area contributed by atoms with E-state index in [1.54, 1.807) is 4.90 Å². The number of carbonyl (C=O) groups is 2. The van der Waals surface area contributed by atoms with Gasteiger partial charge in [0.05, 0.1) is 6.61 Å². The van der Waals surface area contributed by atoms with Crippen LogP contribution in [-0.2, 0) is 14.3 Å². The number of amides is 1. The molecule has 19 heavy (non-hydrogen) atoms. The molecule has 0 heterocycles. The number of hydrogen-bond acceptors (Lipinski definition) is 3. The van der Waals surface area contributed by atoms with Gasteiger partial charge in [-0.1, -0.05) is 29.2 Å². The summed E-state index contributed by atoms with van der Waals surface area (Å²) in [5.74, 6) is -0.0342. The summed E-state index contributed by atoms with van der Waals surface area (Å²) in [6.07, 6.45) is 4.22. The van der Waals surface area contributed by atoms with E-state index in [4.69, 9.17) is 4.74 Å². The topological polar surface area (TPSA) is 46.6 Å². The number of nitrogens with zero attached hydrogens (tertiary/aromatic N) is 1. The van der Waals surface area contributed by atoms with Crippen molar-refractivity contribution in [1.29, 1.82) is 0 Å². The predicted octanol–water partition coefficient (Wildman–Crippen LogP) is 3.89. The van der Waals surface area contributed by atoms with Gasteiger partial charge < -0.3 is 9.64 Å². The van der Waals surface area contributed by atoms with Crippen molar-refractivity contribution in [2.24, 2.45) is 0 Å². The molecule has 0 bridgehead atoms. The van der Waals surface area contributed by atoms with Crippen molar-refractivity contribution < 1.29 is 14.3 Å². The summed E-state index contributed by atoms with van der Waals surface area (Å²) in [6.45, 7) is 4.76. The van der Waals surface area contributed by atoms with Crippen LogP contribution in [0.1, 0.15) is 68.2 Å². The second-order valence-corrected chi connectivity index (χ2v) is 3.97. The van der Waals surface area contributed by atoms with Gasteiger partial charge in [0, 0.05) is 26.9 Å². The number of esters is 1. The van der Waals surface area contributed by atoms with E-state index < -0.39 is 0 Å². The van der Waals surface area contributed by atoms with Crippen LogP contribution in [0.15, 0.2) is 0 Å². The largest absolute Gasteiger partial charge is 0.466 e. The van der Waals surface area contributed by atoms with Gasteiger partial charge in [-0.2, -0.15) is 0 Å². The van der Waals surface area contributed by atoms with Crippen molar-refractivity contribution in [3.63, 3.8) is 0 Å². The van der Waals surface area contributed by atoms with Gasteiger partial charge in [0.2, 0.25) is 5.91 Å². The molecule has 0 aliphatic heterocycles. The van der Waals surface area contributed by atoms with Gasteiger partial charge in [-0.25, -0.2) is 0 Å². The molecule has 0 atom stereocenters. The van der Waals surface area contributed by atoms with Gasteiger partial charge in [0.1, 0.15) is 0 Å². The minimum atomic E-state index is -0.237. The first-order chi connectivity index (χ1) is 7.57. The molecule has 4 nitrogen and oxygen atoms in total. The van der Waals surface area contributed by atoms with Crippen molar-refractivity contribution in [3.8, 4) is 0 Å². The number of hydrogen-bond donors (Lipinski definition) is 0. The van der Waals surface area contributed by atoms with Crippen molar-refractivity contribution in [3.05, 3.63) is 0 Å². The van der Waals surface area contributed by atoms with E-state index in [1.165, 1.54) is 6.92 Å². The van der Waals surface area contributed by atoms with E-state index in [-0.39, 0.29) is 34.2 Å². The molecule has 0 saturated carbocycles. The third kappa shape index (κ3) is 16.9. The minimum absolute atomic E-state index is 0. The quantitative estimate of drug-likeness (QED) is 0.499. The highest BCUT2D eigenvalue weighted by Gasteiger charge is 2.06. The SMILES string of the molecule is C.C.C.CCCN(C)C(=O)CCCCCOC(C)=O. The maximum Gasteiger partial charge on any atom is 0.302 e. The molecule has 118 valence electrons. The van der Waals surface area contributed by atoms with E-state index in [0.29, 0.717) is 13.0 Å². The average molecular weight is 277 g/mol. The first-order valence-electron chi connectivity index (χ1n) is 5.95. The Bertz CT molecular complexity index is 217. The maximum absolute atomic E-state index is 11.5. The highest BCUT2D eigenvalue weighted by molar-refractivity contribution is 5.75. The molecular weight excluding hydrogens is 242 g/mol. The number of ether oxygens (including phenoxy) is 1. The molecular formula is C15H35NO3. The van der Waals surface area contributed by atoms with E-state index in [2.05, 4.69) is 6.92 Å². The lowest BCUT2D eigenvalue weighted by atomic mass is 10.2. The molecule has 1 amide bonds. The standard InChI is InChI=1S/C12H23NO3.3CH4/c1-4-9-13(3)12(15)8-6-5-7-10-16-11(2)14;;;/h4-10H2,1-3H3;3*1H4. The molecule has 0 saturated heterocycles. The zero-order valence-corrected chi connectivity index (χ0v) is 10.6. The third-order valence-corrected chi connectivity index (χ3v) is 2.33. The first kappa shape index (κ1) is 26.5. The van der Waals surface area contributed by atoms with Gasteiger partial charge >= 0.3 is 5.97 Å². The monoisotopic (exact) mass is 277 g/mol. The molecule has 0 unspecified atom stereocenters. The first-order valence-corrected chi connectivity index (χ1v) is 5.95. The highest BCUT2D eigenvalue weighted by Crippen LogP contribution is 2.03. The van der Waals surface area contributed by atoms with Gasteiger partial charge in [-0.05, 0) is 25.7 Å².